The van der Waals surface area contributed by atoms with E-state index in [-0.39, 0.29) is 5.82 Å². The first kappa shape index (κ1) is 31.4. The Kier molecular flexibility index (Phi) is 9.53. The highest BCUT2D eigenvalue weighted by Gasteiger charge is 2.32. The van der Waals surface area contributed by atoms with Crippen LogP contribution in [0.25, 0.3) is 11.4 Å². The molecule has 47 heavy (non-hydrogen) atoms. The third-order valence-electron chi connectivity index (χ3n) is 8.14. The maximum atomic E-state index is 13.5. The number of benzene rings is 1. The minimum atomic E-state index is -0.396. The second-order valence-electron chi connectivity index (χ2n) is 11.1. The van der Waals surface area contributed by atoms with Gasteiger partial charge in [0, 0.05) is 44.7 Å². The number of aliphatic hydroxyl groups is 1. The third kappa shape index (κ3) is 7.00. The molecule has 0 unspecified atom stereocenters. The summed E-state index contributed by atoms with van der Waals surface area (Å²) in [6, 6.07) is 19.4. The van der Waals surface area contributed by atoms with Crippen LogP contribution in [-0.2, 0) is 6.54 Å². The first-order chi connectivity index (χ1) is 23.0. The summed E-state index contributed by atoms with van der Waals surface area (Å²) in [6.07, 6.45) is 8.78. The summed E-state index contributed by atoms with van der Waals surface area (Å²) in [5, 5.41) is 33.5. The molecule has 0 amide bonds. The highest BCUT2D eigenvalue weighted by atomic mass is 19.1. The molecule has 0 atom stereocenters. The Morgan fingerprint density at radius 1 is 1.04 bits per heavy atom. The largest absolute Gasteiger partial charge is 0.400 e. The molecule has 238 valence electrons. The molecule has 0 bridgehead atoms. The van der Waals surface area contributed by atoms with Gasteiger partial charge in [-0.2, -0.15) is 5.26 Å². The Morgan fingerprint density at radius 2 is 1.83 bits per heavy atom. The molecule has 1 aromatic carbocycles. The lowest BCUT2D eigenvalue weighted by molar-refractivity contribution is -0.530. The van der Waals surface area contributed by atoms with Gasteiger partial charge in [0.25, 0.3) is 0 Å². The summed E-state index contributed by atoms with van der Waals surface area (Å²) in [4.78, 5) is 21.8. The summed E-state index contributed by atoms with van der Waals surface area (Å²) in [5.74, 6) is 2.39. The van der Waals surface area contributed by atoms with Crippen molar-refractivity contribution >= 4 is 28.8 Å². The fraction of sp³-hybridized carbons (Fsp3) is 0.235. The number of quaternary nitrogens is 1. The summed E-state index contributed by atoms with van der Waals surface area (Å²) >= 11 is 0. The Labute approximate surface area is 271 Å². The number of anilines is 4. The van der Waals surface area contributed by atoms with Crippen molar-refractivity contribution < 1.29 is 14.8 Å². The van der Waals surface area contributed by atoms with Gasteiger partial charge < -0.3 is 15.7 Å². The number of hydrogen-bond acceptors (Lipinski definition) is 11. The maximum Gasteiger partial charge on any atom is 0.234 e. The van der Waals surface area contributed by atoms with E-state index in [1.54, 1.807) is 18.3 Å². The summed E-state index contributed by atoms with van der Waals surface area (Å²) in [5.41, 5.74) is 4.94. The second-order valence-corrected chi connectivity index (χ2v) is 11.1. The fourth-order valence-electron chi connectivity index (χ4n) is 5.84. The molecule has 3 aromatic heterocycles. The van der Waals surface area contributed by atoms with Crippen LogP contribution in [0.2, 0.25) is 0 Å². The van der Waals surface area contributed by atoms with Gasteiger partial charge in [-0.05, 0) is 73.0 Å². The van der Waals surface area contributed by atoms with Gasteiger partial charge in [-0.25, -0.2) is 19.3 Å². The van der Waals surface area contributed by atoms with Crippen LogP contribution in [-0.4, -0.2) is 68.6 Å². The van der Waals surface area contributed by atoms with Gasteiger partial charge in [-0.3, -0.25) is 25.5 Å². The van der Waals surface area contributed by atoms with Crippen molar-refractivity contribution in [1.29, 1.82) is 10.7 Å². The second kappa shape index (κ2) is 14.3. The molecule has 0 saturated carbocycles. The molecular weight excluding hydrogens is 597 g/mol. The van der Waals surface area contributed by atoms with Crippen molar-refractivity contribution in [2.75, 3.05) is 42.3 Å². The van der Waals surface area contributed by atoms with Crippen LogP contribution in [0.4, 0.5) is 27.4 Å². The number of nitrogens with one attached hydrogen (secondary N) is 3. The zero-order valence-corrected chi connectivity index (χ0v) is 25.9. The number of piperidine rings is 1. The Bertz CT molecular complexity index is 1840. The number of nitriles is 1. The van der Waals surface area contributed by atoms with Crippen molar-refractivity contribution in [2.24, 2.45) is 0 Å². The molecular formula is C34H35FN11O+. The normalized spacial score (nSPS) is 17.7. The van der Waals surface area contributed by atoms with E-state index in [0.29, 0.717) is 34.9 Å². The standard InChI is InChI=1S/C33H30FN11.CH4O/c34-22-5-8-26(39-19-22)27-9-10-28-33(41-27)45(32(42-28)25-2-1-14-38-31(25)36)24-6-3-21(4-7-24)20-44-16-12-23(13-17-44)40-29-11-15-37-30(18-35)43-29;1-2/h1-11,15,19,23,42H,12-14,16-17,20H2,(H2,36,38)(H,37,40,43);2H,1H3/p+1/b32-25+;. The smallest absolute Gasteiger partial charge is 0.234 e. The molecule has 6 heterocycles. The minimum absolute atomic E-state index is 0.172. The van der Waals surface area contributed by atoms with Gasteiger partial charge in [0.1, 0.15) is 30.1 Å². The van der Waals surface area contributed by atoms with Crippen LogP contribution >= 0.6 is 0 Å². The number of rotatable bonds is 6. The van der Waals surface area contributed by atoms with Gasteiger partial charge in [-0.15, -0.1) is 0 Å². The topological polar surface area (TPSA) is 167 Å². The quantitative estimate of drug-likeness (QED) is 0.212. The number of halogens is 1. The average Bonchev–Trinajstić information content (AvgIpc) is 3.49. The van der Waals surface area contributed by atoms with Gasteiger partial charge in [-0.1, -0.05) is 12.1 Å². The van der Waals surface area contributed by atoms with Crippen LogP contribution < -0.4 is 20.9 Å². The van der Waals surface area contributed by atoms with Crippen molar-refractivity contribution in [3.63, 3.8) is 0 Å². The number of pyridine rings is 2. The molecule has 6 N–H and O–H groups in total. The van der Waals surface area contributed by atoms with E-state index < -0.39 is 5.82 Å². The zero-order chi connectivity index (χ0) is 32.8. The predicted octanol–water partition coefficient (Wildman–Crippen LogP) is 3.52. The van der Waals surface area contributed by atoms with E-state index in [1.807, 2.05) is 40.6 Å². The van der Waals surface area contributed by atoms with Crippen LogP contribution in [0.3, 0.4) is 0 Å². The van der Waals surface area contributed by atoms with Gasteiger partial charge in [0.15, 0.2) is 5.82 Å². The van der Waals surface area contributed by atoms with E-state index >= 15 is 0 Å². The monoisotopic (exact) mass is 632 g/mol. The molecule has 0 radical (unpaired) electrons. The molecule has 12 nitrogen and oxygen atoms in total. The van der Waals surface area contributed by atoms with Gasteiger partial charge in [0.2, 0.25) is 11.7 Å². The number of amidine groups is 1. The first-order valence-corrected chi connectivity index (χ1v) is 15.3. The highest BCUT2D eigenvalue weighted by Crippen LogP contribution is 2.42. The van der Waals surface area contributed by atoms with Crippen molar-refractivity contribution in [1.82, 2.24) is 24.8 Å². The van der Waals surface area contributed by atoms with Crippen LogP contribution in [0.1, 0.15) is 24.2 Å². The molecule has 3 aliphatic heterocycles. The Hall–Kier alpha value is -5.55. The summed E-state index contributed by atoms with van der Waals surface area (Å²) in [7, 11) is 1.00. The molecule has 3 aliphatic rings. The molecule has 0 aliphatic carbocycles. The lowest BCUT2D eigenvalue weighted by Gasteiger charge is -2.32. The lowest BCUT2D eigenvalue weighted by atomic mass is 10.0. The molecule has 1 fully saturated rings. The third-order valence-corrected chi connectivity index (χ3v) is 8.14. The van der Waals surface area contributed by atoms with E-state index in [2.05, 4.69) is 54.8 Å². The van der Waals surface area contributed by atoms with Crippen molar-refractivity contribution in [3.05, 3.63) is 108 Å². The molecule has 1 saturated heterocycles. The van der Waals surface area contributed by atoms with E-state index in [4.69, 9.17) is 20.8 Å². The molecule has 7 rings (SSSR count). The van der Waals surface area contributed by atoms with Crippen LogP contribution in [0, 0.1) is 22.6 Å². The van der Waals surface area contributed by atoms with E-state index in [0.717, 1.165) is 68.9 Å². The molecule has 4 aromatic rings. The van der Waals surface area contributed by atoms with Crippen molar-refractivity contribution in [2.45, 2.75) is 25.4 Å². The number of hydrogen-bond donors (Lipinski definition) is 5. The number of likely N-dealkylation sites (tertiary alicyclic amines) is 1. The number of aromatic nitrogens is 4. The van der Waals surface area contributed by atoms with Crippen LogP contribution in [0.5, 0.6) is 0 Å². The number of nitrogens with two attached hydrogens (primary N) is 1. The van der Waals surface area contributed by atoms with Crippen molar-refractivity contribution in [3.8, 4) is 17.5 Å². The minimum Gasteiger partial charge on any atom is -0.400 e. The Balaban J connectivity index is 0.00000190. The SMILES string of the molecule is CO.N#Cc1nccc(NC2CCN(Cc3ccc(N4/C(=C5\C=CC[NH2+]C5=N)Nc5ccc(-c6ccc(F)cn6)nc54)cc3)CC2)n1. The predicted molar refractivity (Wildman–Crippen MR) is 177 cm³/mol. The fourth-order valence-corrected chi connectivity index (χ4v) is 5.84. The average molecular weight is 633 g/mol. The summed E-state index contributed by atoms with van der Waals surface area (Å²) in [6.45, 7) is 3.46. The summed E-state index contributed by atoms with van der Waals surface area (Å²) < 4.78 is 13.5. The zero-order valence-electron chi connectivity index (χ0n) is 25.9. The maximum absolute atomic E-state index is 13.5. The lowest BCUT2D eigenvalue weighted by Crippen LogP contribution is -2.88. The molecule has 0 spiro atoms. The van der Waals surface area contributed by atoms with E-state index in [1.165, 1.54) is 17.8 Å². The van der Waals surface area contributed by atoms with Crippen LogP contribution in [0.15, 0.2) is 90.5 Å². The number of aliphatic hydroxyl groups excluding tert-OH is 1. The number of fused-ring (bicyclic) bond motifs is 1. The first-order valence-electron chi connectivity index (χ1n) is 15.3. The Morgan fingerprint density at radius 3 is 2.55 bits per heavy atom. The van der Waals surface area contributed by atoms with Gasteiger partial charge >= 0.3 is 0 Å². The van der Waals surface area contributed by atoms with Gasteiger partial charge in [0.05, 0.1) is 28.8 Å². The number of nitrogens with zero attached hydrogens (tertiary/aromatic N) is 7. The highest BCUT2D eigenvalue weighted by molar-refractivity contribution is 5.98. The molecule has 13 heteroatoms. The van der Waals surface area contributed by atoms with E-state index in [9.17, 15) is 4.39 Å².